The average Bonchev–Trinajstić information content (AvgIpc) is 3.17. The van der Waals surface area contributed by atoms with Gasteiger partial charge in [0, 0.05) is 57.1 Å². The van der Waals surface area contributed by atoms with Crippen LogP contribution in [0.1, 0.15) is 33.4 Å². The second-order valence-electron chi connectivity index (χ2n) is 14.2. The fraction of sp³-hybridized carbons (Fsp3) is 0.200. The van der Waals surface area contributed by atoms with Gasteiger partial charge in [-0.1, -0.05) is 12.1 Å². The Morgan fingerprint density at radius 1 is 0.370 bits per heavy atom. The van der Waals surface area contributed by atoms with E-state index in [1.54, 1.807) is 69.9 Å². The SMILES string of the molecule is COc1cc(O)c2c(c1)CCc1cc(O)c(-c3c(O)ccc4c3CCc3c-4c(O)cc(OC)c3-c3c(OC)cc(O)c4c3CCc3cc(O)ccc3-4)cc1-2. The van der Waals surface area contributed by atoms with E-state index in [0.29, 0.717) is 89.2 Å². The minimum absolute atomic E-state index is 0.00177. The predicted octanol–water partition coefficient (Wildman–Crippen LogP) is 8.58. The quantitative estimate of drug-likeness (QED) is 0.103. The summed E-state index contributed by atoms with van der Waals surface area (Å²) in [4.78, 5) is 0. The molecule has 0 saturated heterocycles. The molecule has 3 aliphatic rings. The first-order valence-corrected chi connectivity index (χ1v) is 17.9. The Bertz CT molecular complexity index is 2590. The topological polar surface area (TPSA) is 149 Å². The number of fused-ring (bicyclic) bond motifs is 9. The van der Waals surface area contributed by atoms with E-state index in [1.165, 1.54) is 0 Å². The second kappa shape index (κ2) is 12.3. The molecule has 6 N–H and O–H groups in total. The number of aryl methyl sites for hydroxylation is 3. The third-order valence-electron chi connectivity index (χ3n) is 11.5. The van der Waals surface area contributed by atoms with Crippen LogP contribution in [0.3, 0.4) is 0 Å². The Balaban J connectivity index is 1.27. The maximum absolute atomic E-state index is 11.8. The van der Waals surface area contributed by atoms with Crippen LogP contribution in [0.15, 0.2) is 66.7 Å². The summed E-state index contributed by atoms with van der Waals surface area (Å²) in [6.45, 7) is 0. The molecule has 0 bridgehead atoms. The van der Waals surface area contributed by atoms with Gasteiger partial charge in [-0.2, -0.15) is 0 Å². The highest BCUT2D eigenvalue weighted by atomic mass is 16.5. The van der Waals surface area contributed by atoms with Crippen LogP contribution in [0, 0.1) is 0 Å². The zero-order valence-electron chi connectivity index (χ0n) is 30.0. The van der Waals surface area contributed by atoms with Gasteiger partial charge in [-0.3, -0.25) is 0 Å². The molecule has 6 aromatic rings. The van der Waals surface area contributed by atoms with Crippen LogP contribution in [-0.4, -0.2) is 52.0 Å². The zero-order valence-corrected chi connectivity index (χ0v) is 30.0. The number of phenols is 6. The summed E-state index contributed by atoms with van der Waals surface area (Å²) in [6, 6.07) is 18.8. The minimum atomic E-state index is -0.0189. The molecule has 0 spiro atoms. The van der Waals surface area contributed by atoms with E-state index < -0.39 is 0 Å². The standard InChI is InChI=1S/C45H38O9/c1-52-25-15-23-5-4-22-16-34(48)32(18-31(22)40(23)35(49)17-25)43-27-10-11-30-42(28(27)12-13-33(43)47)37(51)20-39(54-3)45(30)44-29-8-6-21-14-24(46)7-9-26(21)41(29)36(50)19-38(44)53-2/h7,9,12-20,46-51H,4-6,8,10-11H2,1-3H3. The van der Waals surface area contributed by atoms with Crippen LogP contribution < -0.4 is 14.2 Å². The number of ether oxygens (including phenoxy) is 3. The highest BCUT2D eigenvalue weighted by Crippen LogP contribution is 2.57. The molecule has 3 aliphatic carbocycles. The first kappa shape index (κ1) is 33.4. The van der Waals surface area contributed by atoms with E-state index in [4.69, 9.17) is 14.2 Å². The predicted molar refractivity (Wildman–Crippen MR) is 205 cm³/mol. The molecule has 0 atom stereocenters. The number of aromatic hydroxyl groups is 6. The summed E-state index contributed by atoms with van der Waals surface area (Å²) in [5.74, 6) is 1.76. The zero-order chi connectivity index (χ0) is 37.6. The maximum atomic E-state index is 11.8. The number of rotatable bonds is 5. The van der Waals surface area contributed by atoms with Gasteiger partial charge in [-0.05, 0) is 125 Å². The fourth-order valence-electron chi connectivity index (χ4n) is 9.16. The van der Waals surface area contributed by atoms with Gasteiger partial charge in [-0.25, -0.2) is 0 Å². The van der Waals surface area contributed by atoms with Crippen molar-refractivity contribution in [2.24, 2.45) is 0 Å². The third kappa shape index (κ3) is 4.84. The second-order valence-corrected chi connectivity index (χ2v) is 14.2. The van der Waals surface area contributed by atoms with E-state index in [9.17, 15) is 30.6 Å². The highest BCUT2D eigenvalue weighted by molar-refractivity contribution is 5.98. The molecule has 0 aromatic heterocycles. The summed E-state index contributed by atoms with van der Waals surface area (Å²) in [5.41, 5.74) is 11.8. The largest absolute Gasteiger partial charge is 0.508 e. The van der Waals surface area contributed by atoms with E-state index in [1.807, 2.05) is 18.2 Å². The van der Waals surface area contributed by atoms with E-state index in [-0.39, 0.29) is 34.5 Å². The molecule has 0 aliphatic heterocycles. The smallest absolute Gasteiger partial charge is 0.130 e. The van der Waals surface area contributed by atoms with Gasteiger partial charge in [-0.15, -0.1) is 0 Å². The van der Waals surface area contributed by atoms with Gasteiger partial charge in [0.2, 0.25) is 0 Å². The third-order valence-corrected chi connectivity index (χ3v) is 11.5. The van der Waals surface area contributed by atoms with Gasteiger partial charge in [0.1, 0.15) is 51.7 Å². The van der Waals surface area contributed by atoms with Gasteiger partial charge < -0.3 is 44.8 Å². The van der Waals surface area contributed by atoms with Gasteiger partial charge >= 0.3 is 0 Å². The average molecular weight is 723 g/mol. The van der Waals surface area contributed by atoms with Crippen LogP contribution in [0.2, 0.25) is 0 Å². The van der Waals surface area contributed by atoms with Crippen LogP contribution in [0.5, 0.6) is 51.7 Å². The van der Waals surface area contributed by atoms with Crippen molar-refractivity contribution >= 4 is 0 Å². The molecule has 9 heteroatoms. The van der Waals surface area contributed by atoms with Crippen molar-refractivity contribution in [3.63, 3.8) is 0 Å². The van der Waals surface area contributed by atoms with E-state index in [0.717, 1.165) is 55.6 Å². The molecular formula is C45H38O9. The summed E-state index contributed by atoms with van der Waals surface area (Å²) in [7, 11) is 4.67. The number of hydrogen-bond donors (Lipinski definition) is 6. The lowest BCUT2D eigenvalue weighted by molar-refractivity contribution is 0.402. The van der Waals surface area contributed by atoms with Gasteiger partial charge in [0.15, 0.2) is 0 Å². The molecule has 0 saturated carbocycles. The molecule has 0 fully saturated rings. The van der Waals surface area contributed by atoms with Crippen LogP contribution in [0.25, 0.3) is 55.6 Å². The lowest BCUT2D eigenvalue weighted by atomic mass is 9.75. The van der Waals surface area contributed by atoms with Gasteiger partial charge in [0.05, 0.1) is 21.3 Å². The number of phenolic OH excluding ortho intramolecular Hbond substituents is 6. The molecule has 0 unspecified atom stereocenters. The number of benzene rings is 6. The van der Waals surface area contributed by atoms with E-state index >= 15 is 0 Å². The number of methoxy groups -OCH3 is 3. The monoisotopic (exact) mass is 722 g/mol. The Labute approximate surface area is 311 Å². The Kier molecular flexibility index (Phi) is 7.60. The van der Waals surface area contributed by atoms with Crippen molar-refractivity contribution in [1.29, 1.82) is 0 Å². The van der Waals surface area contributed by atoms with Crippen LogP contribution in [0.4, 0.5) is 0 Å². The molecule has 0 heterocycles. The Morgan fingerprint density at radius 2 is 0.926 bits per heavy atom. The Morgan fingerprint density at radius 3 is 1.61 bits per heavy atom. The lowest BCUT2D eigenvalue weighted by Crippen LogP contribution is -2.12. The molecule has 9 nitrogen and oxygen atoms in total. The highest BCUT2D eigenvalue weighted by Gasteiger charge is 2.34. The Hall–Kier alpha value is -6.48. The first-order chi connectivity index (χ1) is 26.1. The van der Waals surface area contributed by atoms with E-state index in [2.05, 4.69) is 0 Å². The molecular weight excluding hydrogens is 684 g/mol. The molecule has 6 aromatic carbocycles. The number of hydrogen-bond acceptors (Lipinski definition) is 9. The summed E-state index contributed by atoms with van der Waals surface area (Å²) < 4.78 is 17.3. The van der Waals surface area contributed by atoms with Crippen LogP contribution >= 0.6 is 0 Å². The molecule has 0 amide bonds. The van der Waals surface area contributed by atoms with Crippen molar-refractivity contribution in [1.82, 2.24) is 0 Å². The fourth-order valence-corrected chi connectivity index (χ4v) is 9.16. The lowest BCUT2D eigenvalue weighted by Gasteiger charge is -2.31. The van der Waals surface area contributed by atoms with Crippen molar-refractivity contribution in [2.45, 2.75) is 38.5 Å². The van der Waals surface area contributed by atoms with Crippen molar-refractivity contribution < 1.29 is 44.8 Å². The maximum Gasteiger partial charge on any atom is 0.130 e. The minimum Gasteiger partial charge on any atom is -0.508 e. The normalized spacial score (nSPS) is 13.5. The summed E-state index contributed by atoms with van der Waals surface area (Å²) >= 11 is 0. The molecule has 9 rings (SSSR count). The molecule has 0 radical (unpaired) electrons. The van der Waals surface area contributed by atoms with Crippen molar-refractivity contribution in [3.05, 3.63) is 100 Å². The van der Waals surface area contributed by atoms with Crippen molar-refractivity contribution in [3.8, 4) is 107 Å². The van der Waals surface area contributed by atoms with Gasteiger partial charge in [0.25, 0.3) is 0 Å². The van der Waals surface area contributed by atoms with Crippen molar-refractivity contribution in [2.75, 3.05) is 21.3 Å². The molecule has 272 valence electrons. The molecule has 54 heavy (non-hydrogen) atoms. The summed E-state index contributed by atoms with van der Waals surface area (Å²) in [6.07, 6.45) is 3.41. The summed E-state index contributed by atoms with van der Waals surface area (Å²) in [5, 5.41) is 67.5. The van der Waals surface area contributed by atoms with Crippen LogP contribution in [-0.2, 0) is 38.5 Å². The first-order valence-electron chi connectivity index (χ1n) is 17.9.